The van der Waals surface area contributed by atoms with Gasteiger partial charge in [0.05, 0.1) is 8.48 Å². The molecule has 3 rings (SSSR count). The number of imide groups is 1. The fourth-order valence-electron chi connectivity index (χ4n) is 2.51. The van der Waals surface area contributed by atoms with Gasteiger partial charge in [0.1, 0.15) is 12.4 Å². The quantitative estimate of drug-likeness (QED) is 0.309. The van der Waals surface area contributed by atoms with Crippen molar-refractivity contribution in [3.63, 3.8) is 0 Å². The van der Waals surface area contributed by atoms with Crippen molar-refractivity contribution in [3.05, 3.63) is 80.3 Å². The zero-order chi connectivity index (χ0) is 19.4. The topological polar surface area (TPSA) is 46.6 Å². The molecule has 0 N–H and O–H groups in total. The summed E-state index contributed by atoms with van der Waals surface area (Å²) in [5.74, 6) is 0.507. The van der Waals surface area contributed by atoms with Crippen LogP contribution in [0, 0.1) is 10.5 Å². The van der Waals surface area contributed by atoms with E-state index in [-0.39, 0.29) is 17.7 Å². The number of ether oxygens (including phenoxy) is 1. The first-order valence-electron chi connectivity index (χ1n) is 8.32. The lowest BCUT2D eigenvalue weighted by atomic mass is 10.1. The van der Waals surface area contributed by atoms with E-state index in [2.05, 4.69) is 60.4 Å². The normalized spacial score (nSPS) is 15.5. The van der Waals surface area contributed by atoms with E-state index in [0.29, 0.717) is 11.5 Å². The summed E-state index contributed by atoms with van der Waals surface area (Å²) < 4.78 is 6.84. The number of carbonyl (C=O) groups is 2. The average Bonchev–Trinajstić information content (AvgIpc) is 2.90. The molecule has 1 aliphatic rings. The molecule has 1 saturated heterocycles. The highest BCUT2D eigenvalue weighted by Gasteiger charge is 2.34. The molecule has 0 spiro atoms. The SMILES string of the molecule is C=CCN1C(=O)S/C(=C/c2ccc(OCc3ccc(C)cc3)c(I)c2)C1=O. The zero-order valence-electron chi connectivity index (χ0n) is 14.8. The molecule has 0 bridgehead atoms. The van der Waals surface area contributed by atoms with Crippen molar-refractivity contribution in [2.75, 3.05) is 6.54 Å². The maximum Gasteiger partial charge on any atom is 0.293 e. The summed E-state index contributed by atoms with van der Waals surface area (Å²) in [5.41, 5.74) is 3.18. The Balaban J connectivity index is 1.71. The van der Waals surface area contributed by atoms with Gasteiger partial charge in [-0.2, -0.15) is 0 Å². The van der Waals surface area contributed by atoms with Crippen LogP contribution in [0.1, 0.15) is 16.7 Å². The second kappa shape index (κ2) is 8.75. The predicted molar refractivity (Wildman–Crippen MR) is 118 cm³/mol. The number of aryl methyl sites for hydroxylation is 1. The molecule has 2 aromatic carbocycles. The number of amides is 2. The van der Waals surface area contributed by atoms with Crippen LogP contribution in [0.4, 0.5) is 4.79 Å². The van der Waals surface area contributed by atoms with E-state index in [1.807, 2.05) is 18.2 Å². The van der Waals surface area contributed by atoms with E-state index in [1.54, 1.807) is 12.2 Å². The van der Waals surface area contributed by atoms with Gasteiger partial charge in [-0.15, -0.1) is 6.58 Å². The Morgan fingerprint density at radius 3 is 2.59 bits per heavy atom. The predicted octanol–water partition coefficient (Wildman–Crippen LogP) is 5.40. The molecule has 138 valence electrons. The van der Waals surface area contributed by atoms with Crippen LogP contribution in [0.3, 0.4) is 0 Å². The summed E-state index contributed by atoms with van der Waals surface area (Å²) in [4.78, 5) is 25.8. The molecular formula is C21H18INO3S. The third-order valence-corrected chi connectivity index (χ3v) is 5.70. The summed E-state index contributed by atoms with van der Waals surface area (Å²) >= 11 is 3.16. The van der Waals surface area contributed by atoms with Gasteiger partial charge in [-0.1, -0.05) is 42.0 Å². The monoisotopic (exact) mass is 491 g/mol. The highest BCUT2D eigenvalue weighted by molar-refractivity contribution is 14.1. The van der Waals surface area contributed by atoms with Crippen molar-refractivity contribution >= 4 is 51.6 Å². The summed E-state index contributed by atoms with van der Waals surface area (Å²) in [6.45, 7) is 6.35. The summed E-state index contributed by atoms with van der Waals surface area (Å²) in [7, 11) is 0. The minimum Gasteiger partial charge on any atom is -0.488 e. The lowest BCUT2D eigenvalue weighted by Crippen LogP contribution is -2.27. The maximum absolute atomic E-state index is 12.3. The Hall–Kier alpha value is -2.06. The van der Waals surface area contributed by atoms with E-state index in [4.69, 9.17) is 4.74 Å². The van der Waals surface area contributed by atoms with Crippen LogP contribution >= 0.6 is 34.4 Å². The molecule has 0 aromatic heterocycles. The standard InChI is InChI=1S/C21H18INO3S/c1-3-10-23-20(24)19(27-21(23)25)12-16-8-9-18(17(22)11-16)26-13-15-6-4-14(2)5-7-15/h3-9,11-12H,1,10,13H2,2H3/b19-12+. The molecule has 2 aromatic rings. The number of benzene rings is 2. The van der Waals surface area contributed by atoms with E-state index >= 15 is 0 Å². The third kappa shape index (κ3) is 4.81. The molecule has 2 amide bonds. The molecule has 0 unspecified atom stereocenters. The van der Waals surface area contributed by atoms with E-state index in [0.717, 1.165) is 32.2 Å². The first-order valence-corrected chi connectivity index (χ1v) is 10.2. The largest absolute Gasteiger partial charge is 0.488 e. The van der Waals surface area contributed by atoms with Crippen LogP contribution in [-0.2, 0) is 11.4 Å². The van der Waals surface area contributed by atoms with E-state index < -0.39 is 0 Å². The van der Waals surface area contributed by atoms with Crippen LogP contribution in [0.5, 0.6) is 5.75 Å². The number of carbonyl (C=O) groups excluding carboxylic acids is 2. The van der Waals surface area contributed by atoms with E-state index in [1.165, 1.54) is 10.5 Å². The van der Waals surface area contributed by atoms with Crippen LogP contribution in [0.25, 0.3) is 6.08 Å². The molecule has 0 saturated carbocycles. The summed E-state index contributed by atoms with van der Waals surface area (Å²) in [6, 6.07) is 13.9. The number of hydrogen-bond donors (Lipinski definition) is 0. The highest BCUT2D eigenvalue weighted by atomic mass is 127. The van der Waals surface area contributed by atoms with Gasteiger partial charge in [-0.25, -0.2) is 0 Å². The molecule has 0 radical (unpaired) electrons. The first kappa shape index (κ1) is 19.7. The van der Waals surface area contributed by atoms with E-state index in [9.17, 15) is 9.59 Å². The molecule has 1 fully saturated rings. The smallest absolute Gasteiger partial charge is 0.293 e. The van der Waals surface area contributed by atoms with Crippen LogP contribution in [-0.4, -0.2) is 22.6 Å². The van der Waals surface area contributed by atoms with Gasteiger partial charge in [0, 0.05) is 6.54 Å². The molecule has 6 heteroatoms. The fourth-order valence-corrected chi connectivity index (χ4v) is 4.05. The van der Waals surface area contributed by atoms with Crippen molar-refractivity contribution < 1.29 is 14.3 Å². The molecular weight excluding hydrogens is 473 g/mol. The Morgan fingerprint density at radius 2 is 1.93 bits per heavy atom. The molecule has 1 heterocycles. The van der Waals surface area contributed by atoms with Crippen molar-refractivity contribution in [2.45, 2.75) is 13.5 Å². The van der Waals surface area contributed by atoms with Gasteiger partial charge in [0.15, 0.2) is 0 Å². The van der Waals surface area contributed by atoms with Gasteiger partial charge in [0.25, 0.3) is 11.1 Å². The van der Waals surface area contributed by atoms with Crippen molar-refractivity contribution in [1.82, 2.24) is 4.90 Å². The minimum absolute atomic E-state index is 0.228. The molecule has 0 atom stereocenters. The Kier molecular flexibility index (Phi) is 6.38. The lowest BCUT2D eigenvalue weighted by molar-refractivity contribution is -0.122. The molecule has 1 aliphatic heterocycles. The zero-order valence-corrected chi connectivity index (χ0v) is 17.7. The van der Waals surface area contributed by atoms with Gasteiger partial charge in [0.2, 0.25) is 0 Å². The summed E-state index contributed by atoms with van der Waals surface area (Å²) in [6.07, 6.45) is 3.28. The fraction of sp³-hybridized carbons (Fsp3) is 0.143. The Labute approximate surface area is 176 Å². The highest BCUT2D eigenvalue weighted by Crippen LogP contribution is 2.33. The van der Waals surface area contributed by atoms with Gasteiger partial charge in [-0.3, -0.25) is 14.5 Å². The third-order valence-electron chi connectivity index (χ3n) is 3.95. The van der Waals surface area contributed by atoms with Crippen LogP contribution in [0.15, 0.2) is 60.0 Å². The number of rotatable bonds is 6. The molecule has 27 heavy (non-hydrogen) atoms. The second-order valence-electron chi connectivity index (χ2n) is 6.05. The van der Waals surface area contributed by atoms with Crippen molar-refractivity contribution in [2.24, 2.45) is 0 Å². The van der Waals surface area contributed by atoms with Gasteiger partial charge in [-0.05, 0) is 70.6 Å². The number of nitrogens with zero attached hydrogens (tertiary/aromatic N) is 1. The number of thioether (sulfide) groups is 1. The average molecular weight is 491 g/mol. The second-order valence-corrected chi connectivity index (χ2v) is 8.20. The van der Waals surface area contributed by atoms with Crippen LogP contribution < -0.4 is 4.74 Å². The molecule has 4 nitrogen and oxygen atoms in total. The van der Waals surface area contributed by atoms with Gasteiger partial charge < -0.3 is 4.74 Å². The number of hydrogen-bond acceptors (Lipinski definition) is 4. The lowest BCUT2D eigenvalue weighted by Gasteiger charge is -2.10. The first-order chi connectivity index (χ1) is 13.0. The van der Waals surface area contributed by atoms with Gasteiger partial charge >= 0.3 is 0 Å². The minimum atomic E-state index is -0.278. The summed E-state index contributed by atoms with van der Waals surface area (Å²) in [5, 5.41) is -0.265. The maximum atomic E-state index is 12.3. The number of halogens is 1. The van der Waals surface area contributed by atoms with Crippen LogP contribution in [0.2, 0.25) is 0 Å². The van der Waals surface area contributed by atoms with Crippen molar-refractivity contribution in [1.29, 1.82) is 0 Å². The Morgan fingerprint density at radius 1 is 1.19 bits per heavy atom. The molecule has 0 aliphatic carbocycles. The Bertz CT molecular complexity index is 922. The van der Waals surface area contributed by atoms with Crippen molar-refractivity contribution in [3.8, 4) is 5.75 Å².